The minimum atomic E-state index is -1.02. The molecule has 0 saturated carbocycles. The molecule has 3 aliphatic rings. The fourth-order valence-electron chi connectivity index (χ4n) is 6.55. The summed E-state index contributed by atoms with van der Waals surface area (Å²) in [5.41, 5.74) is 11.5. The van der Waals surface area contributed by atoms with Crippen LogP contribution in [0.25, 0.3) is 0 Å². The Kier molecular flexibility index (Phi) is 9.83. The largest absolute Gasteiger partial charge is 0.436 e. The summed E-state index contributed by atoms with van der Waals surface area (Å²) in [4.78, 5) is 52.1. The lowest BCUT2D eigenvalue weighted by Gasteiger charge is -2.39. The van der Waals surface area contributed by atoms with E-state index in [0.717, 1.165) is 34.5 Å². The van der Waals surface area contributed by atoms with Gasteiger partial charge in [-0.2, -0.15) is 0 Å². The zero-order valence-corrected chi connectivity index (χ0v) is 27.6. The van der Waals surface area contributed by atoms with Crippen LogP contribution in [0, 0.1) is 0 Å². The number of benzene rings is 1. The number of thiophene rings is 1. The van der Waals surface area contributed by atoms with Crippen LogP contribution in [0.2, 0.25) is 5.02 Å². The lowest BCUT2D eigenvalue weighted by molar-refractivity contribution is -0.141. The van der Waals surface area contributed by atoms with E-state index in [1.165, 1.54) is 0 Å². The van der Waals surface area contributed by atoms with Gasteiger partial charge < -0.3 is 35.4 Å². The molecule has 3 N–H and O–H groups in total. The number of hydrogen-bond donors (Lipinski definition) is 2. The number of nitrogens with one attached hydrogen (secondary N) is 1. The number of hydrogen-bond acceptors (Lipinski definition) is 8. The molecule has 0 aliphatic carbocycles. The number of carbonyl (C=O) groups excluding carboxylic acids is 3. The van der Waals surface area contributed by atoms with Crippen LogP contribution in [0.15, 0.2) is 47.4 Å². The van der Waals surface area contributed by atoms with Crippen LogP contribution in [0.4, 0.5) is 26.7 Å². The van der Waals surface area contributed by atoms with Gasteiger partial charge in [0.25, 0.3) is 5.91 Å². The maximum atomic E-state index is 14.0. The van der Waals surface area contributed by atoms with Crippen LogP contribution >= 0.6 is 22.9 Å². The summed E-state index contributed by atoms with van der Waals surface area (Å²) < 4.78 is 6.03. The number of anilines is 3. The summed E-state index contributed by atoms with van der Waals surface area (Å²) in [6, 6.07) is 7.53. The average molecular weight is 666 g/mol. The molecule has 0 bridgehead atoms. The second-order valence-electron chi connectivity index (χ2n) is 12.0. The summed E-state index contributed by atoms with van der Waals surface area (Å²) in [5.74, 6) is -0.225. The molecule has 5 heterocycles. The SMILES string of the molecule is CCc1cc(C[C@@H](OC(=O)N2CCC(N3CCc4cscc4NC3=O)CC2)C(=O)N2CCN(c3ccncc3)CC2)cc(Cl)c1N. The average Bonchev–Trinajstić information content (AvgIpc) is 3.46. The van der Waals surface area contributed by atoms with E-state index in [-0.39, 0.29) is 24.4 Å². The molecule has 3 aliphatic heterocycles. The lowest BCUT2D eigenvalue weighted by Crippen LogP contribution is -2.54. The highest BCUT2D eigenvalue weighted by atomic mass is 35.5. The Morgan fingerprint density at radius 3 is 2.52 bits per heavy atom. The normalized spacial score (nSPS) is 18.1. The minimum Gasteiger partial charge on any atom is -0.436 e. The standard InChI is InChI=1S/C33H40ClN7O4S/c1-2-23-17-22(18-27(34)30(23)35)19-29(31(42)39-15-13-38(14-16-39)25-3-8-36-9-4-25)45-33(44)40-10-6-26(7-11-40)41-12-5-24-20-46-21-28(24)37-32(41)43/h3-4,8-9,17-18,20-21,26,29H,2,5-7,10-16,19,35H2,1H3,(H,37,43)/t29-/m1/s1. The van der Waals surface area contributed by atoms with Crippen molar-refractivity contribution in [3.8, 4) is 0 Å². The fourth-order valence-corrected chi connectivity index (χ4v) is 7.63. The number of aromatic nitrogens is 1. The highest BCUT2D eigenvalue weighted by Gasteiger charge is 2.35. The first kappa shape index (κ1) is 31.9. The second kappa shape index (κ2) is 14.2. The molecule has 1 atom stereocenters. The molecule has 2 saturated heterocycles. The van der Waals surface area contributed by atoms with Gasteiger partial charge in [-0.25, -0.2) is 9.59 Å². The second-order valence-corrected chi connectivity index (χ2v) is 13.2. The maximum absolute atomic E-state index is 14.0. The van der Waals surface area contributed by atoms with Gasteiger partial charge in [-0.3, -0.25) is 9.78 Å². The third-order valence-corrected chi connectivity index (χ3v) is 10.3. The summed E-state index contributed by atoms with van der Waals surface area (Å²) in [6.45, 7) is 5.85. The Morgan fingerprint density at radius 1 is 1.07 bits per heavy atom. The molecule has 4 amide bonds. The molecular formula is C33H40ClN7O4S. The Balaban J connectivity index is 1.11. The molecule has 2 fully saturated rings. The van der Waals surface area contributed by atoms with Crippen molar-refractivity contribution in [3.63, 3.8) is 0 Å². The van der Waals surface area contributed by atoms with Gasteiger partial charge in [0.15, 0.2) is 6.10 Å². The first-order chi connectivity index (χ1) is 22.3. The molecular weight excluding hydrogens is 626 g/mol. The van der Waals surface area contributed by atoms with Crippen LogP contribution in [0.3, 0.4) is 0 Å². The van der Waals surface area contributed by atoms with Crippen LogP contribution in [0.5, 0.6) is 0 Å². The Morgan fingerprint density at radius 2 is 1.80 bits per heavy atom. The number of nitrogen functional groups attached to an aromatic ring is 1. The lowest BCUT2D eigenvalue weighted by atomic mass is 10.0. The molecule has 3 aromatic rings. The van der Waals surface area contributed by atoms with Crippen molar-refractivity contribution in [2.24, 2.45) is 0 Å². The first-order valence-electron chi connectivity index (χ1n) is 15.9. The molecule has 0 radical (unpaired) electrons. The number of nitrogens with zero attached hydrogens (tertiary/aromatic N) is 5. The number of piperidine rings is 1. The minimum absolute atomic E-state index is 0.0234. The Hall–Kier alpha value is -4.03. The Bertz CT molecular complexity index is 1550. The zero-order valence-electron chi connectivity index (χ0n) is 26.0. The van der Waals surface area contributed by atoms with Gasteiger partial charge in [-0.1, -0.05) is 24.6 Å². The molecule has 46 heavy (non-hydrogen) atoms. The van der Waals surface area contributed by atoms with E-state index in [0.29, 0.717) is 75.8 Å². The van der Waals surface area contributed by atoms with Crippen LogP contribution < -0.4 is 16.0 Å². The number of carbonyl (C=O) groups is 3. The monoisotopic (exact) mass is 665 g/mol. The van der Waals surface area contributed by atoms with Crippen molar-refractivity contribution < 1.29 is 19.1 Å². The van der Waals surface area contributed by atoms with E-state index in [1.54, 1.807) is 39.6 Å². The van der Waals surface area contributed by atoms with Crippen molar-refractivity contribution in [3.05, 3.63) is 69.1 Å². The molecule has 13 heteroatoms. The number of urea groups is 1. The predicted octanol–water partition coefficient (Wildman–Crippen LogP) is 4.89. The smallest absolute Gasteiger partial charge is 0.410 e. The summed E-state index contributed by atoms with van der Waals surface area (Å²) >= 11 is 8.04. The number of nitrogens with two attached hydrogens (primary N) is 1. The van der Waals surface area contributed by atoms with Gasteiger partial charge in [0.05, 0.1) is 16.4 Å². The number of fused-ring (bicyclic) bond motifs is 1. The number of pyridine rings is 1. The van der Waals surface area contributed by atoms with E-state index >= 15 is 0 Å². The number of piperazine rings is 1. The van der Waals surface area contributed by atoms with Crippen LogP contribution in [-0.4, -0.2) is 95.7 Å². The van der Waals surface area contributed by atoms with Gasteiger partial charge in [0, 0.05) is 81.7 Å². The van der Waals surface area contributed by atoms with E-state index < -0.39 is 12.2 Å². The molecule has 0 unspecified atom stereocenters. The van der Waals surface area contributed by atoms with E-state index in [2.05, 4.69) is 20.6 Å². The Labute approximate surface area is 278 Å². The third-order valence-electron chi connectivity index (χ3n) is 9.24. The van der Waals surface area contributed by atoms with Crippen molar-refractivity contribution in [2.45, 2.75) is 51.2 Å². The fraction of sp³-hybridized carbons (Fsp3) is 0.455. The quantitative estimate of drug-likeness (QED) is 0.345. The molecule has 244 valence electrons. The molecule has 6 rings (SSSR count). The topological polar surface area (TPSA) is 124 Å². The number of rotatable bonds is 7. The van der Waals surface area contributed by atoms with E-state index in [4.69, 9.17) is 22.1 Å². The van der Waals surface area contributed by atoms with Crippen molar-refractivity contribution >= 4 is 58.0 Å². The molecule has 2 aromatic heterocycles. The van der Waals surface area contributed by atoms with E-state index in [1.807, 2.05) is 35.4 Å². The van der Waals surface area contributed by atoms with Gasteiger partial charge in [-0.15, -0.1) is 11.3 Å². The maximum Gasteiger partial charge on any atom is 0.410 e. The number of aryl methyl sites for hydroxylation is 1. The van der Waals surface area contributed by atoms with E-state index in [9.17, 15) is 14.4 Å². The molecule has 0 spiro atoms. The van der Waals surface area contributed by atoms with Crippen molar-refractivity contribution in [1.29, 1.82) is 0 Å². The number of halogens is 1. The molecule has 11 nitrogen and oxygen atoms in total. The van der Waals surface area contributed by atoms with Crippen LogP contribution in [0.1, 0.15) is 36.5 Å². The number of ether oxygens (including phenoxy) is 1. The van der Waals surface area contributed by atoms with Gasteiger partial charge in [-0.05, 0) is 66.0 Å². The highest BCUT2D eigenvalue weighted by molar-refractivity contribution is 7.08. The van der Waals surface area contributed by atoms with Crippen LogP contribution in [-0.2, 0) is 28.8 Å². The number of amides is 4. The van der Waals surface area contributed by atoms with Crippen molar-refractivity contribution in [1.82, 2.24) is 19.7 Å². The number of likely N-dealkylation sites (tertiary alicyclic amines) is 1. The first-order valence-corrected chi connectivity index (χ1v) is 17.2. The zero-order chi connectivity index (χ0) is 32.2. The van der Waals surface area contributed by atoms with Gasteiger partial charge in [0.1, 0.15) is 0 Å². The predicted molar refractivity (Wildman–Crippen MR) is 181 cm³/mol. The summed E-state index contributed by atoms with van der Waals surface area (Å²) in [6.07, 6.45) is 4.93. The third kappa shape index (κ3) is 7.02. The summed E-state index contributed by atoms with van der Waals surface area (Å²) in [5, 5.41) is 7.50. The van der Waals surface area contributed by atoms with Gasteiger partial charge in [0.2, 0.25) is 0 Å². The molecule has 1 aromatic carbocycles. The van der Waals surface area contributed by atoms with Gasteiger partial charge >= 0.3 is 12.1 Å². The summed E-state index contributed by atoms with van der Waals surface area (Å²) in [7, 11) is 0. The highest BCUT2D eigenvalue weighted by Crippen LogP contribution is 2.29. The van der Waals surface area contributed by atoms with Crippen molar-refractivity contribution in [2.75, 3.05) is 61.8 Å².